The Morgan fingerprint density at radius 2 is 2.07 bits per heavy atom. The molecule has 29 heavy (non-hydrogen) atoms. The van der Waals surface area contributed by atoms with E-state index in [2.05, 4.69) is 14.9 Å². The van der Waals surface area contributed by atoms with Crippen molar-refractivity contribution < 1.29 is 17.7 Å². The third-order valence-electron chi connectivity index (χ3n) is 4.97. The van der Waals surface area contributed by atoms with Gasteiger partial charge < -0.3 is 14.4 Å². The number of carbonyl (C=O) groups excluding carboxylic acids is 1. The minimum absolute atomic E-state index is 0.0509. The maximum atomic E-state index is 12.6. The monoisotopic (exact) mass is 414 g/mol. The van der Waals surface area contributed by atoms with E-state index in [1.54, 1.807) is 42.3 Å². The Hall–Kier alpha value is -2.91. The third kappa shape index (κ3) is 4.10. The molecule has 0 bridgehead atoms. The zero-order chi connectivity index (χ0) is 20.6. The topological polar surface area (TPSA) is 108 Å². The number of hydrogen-bond donors (Lipinski definition) is 2. The highest BCUT2D eigenvalue weighted by Gasteiger charge is 2.24. The van der Waals surface area contributed by atoms with Gasteiger partial charge in [-0.3, -0.25) is 4.79 Å². The molecule has 4 rings (SSSR count). The molecule has 2 aromatic heterocycles. The summed E-state index contributed by atoms with van der Waals surface area (Å²) in [5, 5.41) is 3.79. The summed E-state index contributed by atoms with van der Waals surface area (Å²) in [6.07, 6.45) is 2.40. The Morgan fingerprint density at radius 3 is 2.76 bits per heavy atom. The summed E-state index contributed by atoms with van der Waals surface area (Å²) >= 11 is 0. The van der Waals surface area contributed by atoms with Gasteiger partial charge in [-0.25, -0.2) is 13.1 Å². The minimum atomic E-state index is -3.67. The summed E-state index contributed by atoms with van der Waals surface area (Å²) in [6, 6.07) is 8.56. The normalized spacial score (nSPS) is 14.1. The van der Waals surface area contributed by atoms with E-state index >= 15 is 0 Å². The van der Waals surface area contributed by atoms with Gasteiger partial charge in [0.1, 0.15) is 11.5 Å². The molecule has 2 N–H and O–H groups in total. The van der Waals surface area contributed by atoms with E-state index in [1.807, 2.05) is 13.0 Å². The molecule has 0 saturated heterocycles. The van der Waals surface area contributed by atoms with Crippen molar-refractivity contribution in [2.24, 2.45) is 0 Å². The Morgan fingerprint density at radius 1 is 1.24 bits per heavy atom. The van der Waals surface area contributed by atoms with Gasteiger partial charge in [-0.05, 0) is 55.2 Å². The number of nitrogens with one attached hydrogen (secondary N) is 2. The predicted molar refractivity (Wildman–Crippen MR) is 106 cm³/mol. The Kier molecular flexibility index (Phi) is 5.01. The lowest BCUT2D eigenvalue weighted by Crippen LogP contribution is -2.36. The second-order valence-electron chi connectivity index (χ2n) is 7.25. The number of fused-ring (bicyclic) bond motifs is 1. The molecule has 1 amide bonds. The van der Waals surface area contributed by atoms with Crippen molar-refractivity contribution in [1.82, 2.24) is 19.8 Å². The fourth-order valence-corrected chi connectivity index (χ4v) is 4.47. The smallest absolute Gasteiger partial charge is 0.270 e. The van der Waals surface area contributed by atoms with Crippen LogP contribution >= 0.6 is 0 Å². The van der Waals surface area contributed by atoms with Gasteiger partial charge in [-0.2, -0.15) is 0 Å². The van der Waals surface area contributed by atoms with Gasteiger partial charge in [0.05, 0.1) is 17.1 Å². The molecule has 0 radical (unpaired) electrons. The van der Waals surface area contributed by atoms with E-state index in [1.165, 1.54) is 0 Å². The number of H-pyrrole nitrogens is 1. The van der Waals surface area contributed by atoms with Crippen LogP contribution in [0.4, 0.5) is 0 Å². The number of sulfonamides is 1. The fraction of sp³-hybridized carbons (Fsp3) is 0.300. The highest BCUT2D eigenvalue weighted by Crippen LogP contribution is 2.24. The van der Waals surface area contributed by atoms with Crippen molar-refractivity contribution in [1.29, 1.82) is 0 Å². The lowest BCUT2D eigenvalue weighted by molar-refractivity contribution is 0.0729. The van der Waals surface area contributed by atoms with Gasteiger partial charge in [-0.15, -0.1) is 0 Å². The Bertz CT molecular complexity index is 1160. The standard InChI is InChI=1S/C20H22N4O4S/c1-13-7-19(21-10-13)20(25)24-6-5-15-9-18(4-3-16(15)12-24)29(26,27)22-11-17-8-14(2)28-23-17/h3-4,7-10,21-22H,5-6,11-12H2,1-2H3. The molecule has 0 aliphatic carbocycles. The van der Waals surface area contributed by atoms with Crippen molar-refractivity contribution in [2.45, 2.75) is 38.3 Å². The number of benzene rings is 1. The van der Waals surface area contributed by atoms with Crippen LogP contribution in [0.2, 0.25) is 0 Å². The quantitative estimate of drug-likeness (QED) is 0.666. The van der Waals surface area contributed by atoms with Crippen molar-refractivity contribution >= 4 is 15.9 Å². The summed E-state index contributed by atoms with van der Waals surface area (Å²) < 4.78 is 32.7. The van der Waals surface area contributed by atoms with Gasteiger partial charge in [0.15, 0.2) is 0 Å². The third-order valence-corrected chi connectivity index (χ3v) is 6.36. The summed E-state index contributed by atoms with van der Waals surface area (Å²) in [6.45, 7) is 4.74. The van der Waals surface area contributed by atoms with Crippen LogP contribution in [0.3, 0.4) is 0 Å². The van der Waals surface area contributed by atoms with Crippen LogP contribution < -0.4 is 4.72 Å². The number of aryl methyl sites for hydroxylation is 2. The van der Waals surface area contributed by atoms with E-state index < -0.39 is 10.0 Å². The summed E-state index contributed by atoms with van der Waals surface area (Å²) in [4.78, 5) is 17.6. The first-order chi connectivity index (χ1) is 13.8. The van der Waals surface area contributed by atoms with Crippen molar-refractivity contribution in [3.05, 3.63) is 70.4 Å². The molecule has 1 aromatic carbocycles. The van der Waals surface area contributed by atoms with Crippen LogP contribution in [-0.2, 0) is 29.5 Å². The maximum Gasteiger partial charge on any atom is 0.270 e. The van der Waals surface area contributed by atoms with Gasteiger partial charge in [-0.1, -0.05) is 11.2 Å². The molecule has 0 atom stereocenters. The molecule has 3 heterocycles. The summed E-state index contributed by atoms with van der Waals surface area (Å²) in [5.74, 6) is 0.576. The van der Waals surface area contributed by atoms with Crippen LogP contribution in [0.25, 0.3) is 0 Å². The summed E-state index contributed by atoms with van der Waals surface area (Å²) in [5.41, 5.74) is 4.00. The predicted octanol–water partition coefficient (Wildman–Crippen LogP) is 2.30. The number of aromatic nitrogens is 2. The first-order valence-electron chi connectivity index (χ1n) is 9.30. The molecule has 0 unspecified atom stereocenters. The van der Waals surface area contributed by atoms with Crippen LogP contribution in [0.1, 0.15) is 38.6 Å². The van der Waals surface area contributed by atoms with E-state index in [9.17, 15) is 13.2 Å². The maximum absolute atomic E-state index is 12.6. The number of aromatic amines is 1. The minimum Gasteiger partial charge on any atom is -0.361 e. The fourth-order valence-electron chi connectivity index (χ4n) is 3.42. The lowest BCUT2D eigenvalue weighted by Gasteiger charge is -2.29. The average Bonchev–Trinajstić information content (AvgIpc) is 3.33. The average molecular weight is 414 g/mol. The van der Waals surface area contributed by atoms with Crippen molar-refractivity contribution in [3.8, 4) is 0 Å². The van der Waals surface area contributed by atoms with E-state index in [-0.39, 0.29) is 17.3 Å². The molecule has 1 aliphatic rings. The molecule has 0 spiro atoms. The lowest BCUT2D eigenvalue weighted by atomic mass is 9.99. The highest BCUT2D eigenvalue weighted by atomic mass is 32.2. The van der Waals surface area contributed by atoms with Crippen LogP contribution in [0, 0.1) is 13.8 Å². The number of carbonyl (C=O) groups is 1. The molecule has 152 valence electrons. The van der Waals surface area contributed by atoms with E-state index in [0.717, 1.165) is 16.7 Å². The molecule has 3 aromatic rings. The molecule has 0 fully saturated rings. The number of amides is 1. The van der Waals surface area contributed by atoms with Crippen molar-refractivity contribution in [2.75, 3.05) is 6.54 Å². The van der Waals surface area contributed by atoms with Gasteiger partial charge >= 0.3 is 0 Å². The second kappa shape index (κ2) is 7.49. The van der Waals surface area contributed by atoms with Crippen molar-refractivity contribution in [3.63, 3.8) is 0 Å². The SMILES string of the molecule is Cc1c[nH]c(C(=O)N2CCc3cc(S(=O)(=O)NCc4cc(C)on4)ccc3C2)c1. The first-order valence-corrected chi connectivity index (χ1v) is 10.8. The molecular weight excluding hydrogens is 392 g/mol. The largest absolute Gasteiger partial charge is 0.361 e. The van der Waals surface area contributed by atoms with E-state index in [4.69, 9.17) is 4.52 Å². The number of hydrogen-bond acceptors (Lipinski definition) is 5. The zero-order valence-electron chi connectivity index (χ0n) is 16.2. The molecule has 0 saturated carbocycles. The van der Waals surface area contributed by atoms with Gasteiger partial charge in [0.2, 0.25) is 10.0 Å². The highest BCUT2D eigenvalue weighted by molar-refractivity contribution is 7.89. The number of nitrogens with zero attached hydrogens (tertiary/aromatic N) is 2. The molecular formula is C20H22N4O4S. The Balaban J connectivity index is 1.47. The van der Waals surface area contributed by atoms with Gasteiger partial charge in [0, 0.05) is 25.4 Å². The number of rotatable bonds is 5. The summed E-state index contributed by atoms with van der Waals surface area (Å²) in [7, 11) is -3.67. The zero-order valence-corrected chi connectivity index (χ0v) is 17.0. The van der Waals surface area contributed by atoms with E-state index in [0.29, 0.717) is 36.7 Å². The second-order valence-corrected chi connectivity index (χ2v) is 9.02. The van der Waals surface area contributed by atoms with Crippen LogP contribution in [0.15, 0.2) is 45.9 Å². The van der Waals surface area contributed by atoms with Crippen LogP contribution in [-0.4, -0.2) is 35.9 Å². The molecule has 1 aliphatic heterocycles. The Labute approximate surface area is 169 Å². The molecule has 9 heteroatoms. The first kappa shape index (κ1) is 19.4. The van der Waals surface area contributed by atoms with Gasteiger partial charge in [0.25, 0.3) is 5.91 Å². The van der Waals surface area contributed by atoms with Crippen LogP contribution in [0.5, 0.6) is 0 Å². The molecule has 8 nitrogen and oxygen atoms in total.